The summed E-state index contributed by atoms with van der Waals surface area (Å²) in [6.07, 6.45) is 4.73. The largest absolute Gasteiger partial charge is 0.379 e. The van der Waals surface area contributed by atoms with Crippen molar-refractivity contribution in [2.75, 3.05) is 0 Å². The molecule has 0 aliphatic heterocycles. The van der Waals surface area contributed by atoms with Gasteiger partial charge in [-0.2, -0.15) is 10.5 Å². The Morgan fingerprint density at radius 1 is 1.00 bits per heavy atom. The Kier molecular flexibility index (Phi) is 3.74. The summed E-state index contributed by atoms with van der Waals surface area (Å²) in [6, 6.07) is 20.9. The maximum Gasteiger partial charge on any atom is 0.127 e. The molecule has 1 saturated carbocycles. The quantitative estimate of drug-likeness (QED) is 0.934. The van der Waals surface area contributed by atoms with Gasteiger partial charge in [0.05, 0.1) is 23.1 Å². The first-order chi connectivity index (χ1) is 11.1. The van der Waals surface area contributed by atoms with Gasteiger partial charge in [-0.25, -0.2) is 0 Å². The fourth-order valence-electron chi connectivity index (χ4n) is 2.88. The highest BCUT2D eigenvalue weighted by Crippen LogP contribution is 2.58. The molecule has 2 aromatic rings. The van der Waals surface area contributed by atoms with Crippen molar-refractivity contribution >= 4 is 6.08 Å². The summed E-state index contributed by atoms with van der Waals surface area (Å²) in [4.78, 5) is 0. The molecule has 1 aliphatic carbocycles. The molecule has 0 aromatic heterocycles. The molecule has 112 valence electrons. The molecule has 3 rings (SSSR count). The summed E-state index contributed by atoms with van der Waals surface area (Å²) in [6.45, 7) is 0. The Morgan fingerprint density at radius 3 is 2.26 bits per heavy atom. The minimum Gasteiger partial charge on any atom is -0.379 e. The van der Waals surface area contributed by atoms with Crippen molar-refractivity contribution in [1.82, 2.24) is 0 Å². The second-order valence-corrected chi connectivity index (χ2v) is 5.86. The molecule has 23 heavy (non-hydrogen) atoms. The number of nitrogens with zero attached hydrogens (tertiary/aromatic N) is 2. The summed E-state index contributed by atoms with van der Waals surface area (Å²) in [5.74, 6) is 0. The van der Waals surface area contributed by atoms with Crippen LogP contribution in [0.1, 0.15) is 29.5 Å². The van der Waals surface area contributed by atoms with Crippen LogP contribution in [0.25, 0.3) is 6.08 Å². The van der Waals surface area contributed by atoms with E-state index < -0.39 is 11.0 Å². The van der Waals surface area contributed by atoms with Gasteiger partial charge in [-0.1, -0.05) is 54.6 Å². The van der Waals surface area contributed by atoms with E-state index in [9.17, 15) is 15.6 Å². The predicted molar refractivity (Wildman–Crippen MR) is 87.8 cm³/mol. The molecular weight excluding hydrogens is 284 g/mol. The minimum atomic E-state index is -1.36. The molecular formula is C20H16N2O. The smallest absolute Gasteiger partial charge is 0.127 e. The van der Waals surface area contributed by atoms with Crippen molar-refractivity contribution in [2.24, 2.45) is 5.41 Å². The molecule has 3 nitrogen and oxygen atoms in total. The van der Waals surface area contributed by atoms with Crippen molar-refractivity contribution in [3.05, 3.63) is 77.4 Å². The molecule has 0 bridgehead atoms. The number of rotatable bonds is 4. The Bertz CT molecular complexity index is 823. The first-order valence-electron chi connectivity index (χ1n) is 7.53. The van der Waals surface area contributed by atoms with Gasteiger partial charge in [-0.15, -0.1) is 0 Å². The Morgan fingerprint density at radius 2 is 1.65 bits per heavy atom. The lowest BCUT2D eigenvalue weighted by Crippen LogP contribution is -2.33. The molecule has 1 N–H and O–H groups in total. The predicted octanol–water partition coefficient (Wildman–Crippen LogP) is 3.76. The van der Waals surface area contributed by atoms with Crippen molar-refractivity contribution in [2.45, 2.75) is 18.4 Å². The lowest BCUT2D eigenvalue weighted by molar-refractivity contribution is 0.0360. The molecule has 0 heterocycles. The Labute approximate surface area is 135 Å². The van der Waals surface area contributed by atoms with E-state index in [0.29, 0.717) is 24.0 Å². The van der Waals surface area contributed by atoms with Crippen LogP contribution in [0.2, 0.25) is 0 Å². The number of nitriles is 2. The summed E-state index contributed by atoms with van der Waals surface area (Å²) < 4.78 is 0. The maximum atomic E-state index is 11.3. The third-order valence-corrected chi connectivity index (χ3v) is 4.49. The Hall–Kier alpha value is -2.88. The molecule has 1 atom stereocenters. The van der Waals surface area contributed by atoms with Crippen LogP contribution in [0.3, 0.4) is 0 Å². The topological polar surface area (TPSA) is 67.8 Å². The monoisotopic (exact) mass is 300 g/mol. The SMILES string of the molecule is N#Cc1ccccc1/C=C/[C@](O)(c1ccccc1)C1(C#N)CC1. The summed E-state index contributed by atoms with van der Waals surface area (Å²) in [7, 11) is 0. The van der Waals surface area contributed by atoms with Gasteiger partial charge >= 0.3 is 0 Å². The van der Waals surface area contributed by atoms with E-state index in [0.717, 1.165) is 5.56 Å². The van der Waals surface area contributed by atoms with Crippen LogP contribution in [0.5, 0.6) is 0 Å². The normalized spacial score (nSPS) is 17.9. The molecule has 0 amide bonds. The highest BCUT2D eigenvalue weighted by atomic mass is 16.3. The molecule has 1 fully saturated rings. The van der Waals surface area contributed by atoms with E-state index in [-0.39, 0.29) is 0 Å². The van der Waals surface area contributed by atoms with Crippen LogP contribution in [0, 0.1) is 28.1 Å². The molecule has 0 unspecified atom stereocenters. The number of hydrogen-bond donors (Lipinski definition) is 1. The maximum absolute atomic E-state index is 11.3. The zero-order valence-corrected chi connectivity index (χ0v) is 12.6. The van der Waals surface area contributed by atoms with Crippen LogP contribution in [-0.4, -0.2) is 5.11 Å². The number of hydrogen-bond acceptors (Lipinski definition) is 3. The van der Waals surface area contributed by atoms with Crippen LogP contribution >= 0.6 is 0 Å². The van der Waals surface area contributed by atoms with Crippen LogP contribution < -0.4 is 0 Å². The lowest BCUT2D eigenvalue weighted by Gasteiger charge is -2.30. The van der Waals surface area contributed by atoms with E-state index >= 15 is 0 Å². The lowest BCUT2D eigenvalue weighted by atomic mass is 9.78. The van der Waals surface area contributed by atoms with E-state index in [2.05, 4.69) is 12.1 Å². The minimum absolute atomic E-state index is 0.543. The highest BCUT2D eigenvalue weighted by molar-refractivity contribution is 5.60. The van der Waals surface area contributed by atoms with Crippen molar-refractivity contribution in [3.63, 3.8) is 0 Å². The van der Waals surface area contributed by atoms with Gasteiger partial charge in [-0.3, -0.25) is 0 Å². The molecule has 3 heteroatoms. The van der Waals surface area contributed by atoms with E-state index in [1.807, 2.05) is 42.5 Å². The van der Waals surface area contributed by atoms with E-state index in [1.165, 1.54) is 0 Å². The van der Waals surface area contributed by atoms with Gasteiger partial charge in [0.15, 0.2) is 0 Å². The number of benzene rings is 2. The van der Waals surface area contributed by atoms with E-state index in [4.69, 9.17) is 0 Å². The van der Waals surface area contributed by atoms with Gasteiger partial charge in [0.2, 0.25) is 0 Å². The van der Waals surface area contributed by atoms with Crippen molar-refractivity contribution in [3.8, 4) is 12.1 Å². The molecule has 1 aliphatic rings. The van der Waals surface area contributed by atoms with Crippen LogP contribution in [0.15, 0.2) is 60.7 Å². The third-order valence-electron chi connectivity index (χ3n) is 4.49. The zero-order valence-electron chi connectivity index (χ0n) is 12.6. The summed E-state index contributed by atoms with van der Waals surface area (Å²) >= 11 is 0. The molecule has 2 aromatic carbocycles. The number of aliphatic hydroxyl groups is 1. The van der Waals surface area contributed by atoms with Crippen molar-refractivity contribution < 1.29 is 5.11 Å². The fraction of sp³-hybridized carbons (Fsp3) is 0.200. The van der Waals surface area contributed by atoms with Crippen molar-refractivity contribution in [1.29, 1.82) is 10.5 Å². The zero-order chi connectivity index (χ0) is 16.3. The third kappa shape index (κ3) is 2.52. The van der Waals surface area contributed by atoms with Gasteiger partial charge in [0.25, 0.3) is 0 Å². The summed E-state index contributed by atoms with van der Waals surface area (Å²) in [5, 5.41) is 30.0. The van der Waals surface area contributed by atoms with Gasteiger partial charge in [0, 0.05) is 0 Å². The van der Waals surface area contributed by atoms with E-state index in [1.54, 1.807) is 24.3 Å². The molecule has 0 radical (unpaired) electrons. The fourth-order valence-corrected chi connectivity index (χ4v) is 2.88. The molecule has 0 spiro atoms. The highest BCUT2D eigenvalue weighted by Gasteiger charge is 2.59. The van der Waals surface area contributed by atoms with Gasteiger partial charge in [-0.05, 0) is 36.1 Å². The van der Waals surface area contributed by atoms with Gasteiger partial charge < -0.3 is 5.11 Å². The second kappa shape index (κ2) is 5.72. The standard InChI is InChI=1S/C20H16N2O/c21-14-17-7-5-4-6-16(17)10-11-20(23,19(15-22)12-13-19)18-8-2-1-3-9-18/h1-11,23H,12-13H2/b11-10+/t20-/m0/s1. The van der Waals surface area contributed by atoms with Crippen LogP contribution in [-0.2, 0) is 5.60 Å². The average Bonchev–Trinajstić information content (AvgIpc) is 3.42. The van der Waals surface area contributed by atoms with Crippen LogP contribution in [0.4, 0.5) is 0 Å². The Balaban J connectivity index is 2.07. The molecule has 0 saturated heterocycles. The first kappa shape index (κ1) is 15.0. The average molecular weight is 300 g/mol. The van der Waals surface area contributed by atoms with Gasteiger partial charge in [0.1, 0.15) is 5.60 Å². The second-order valence-electron chi connectivity index (χ2n) is 5.86. The first-order valence-corrected chi connectivity index (χ1v) is 7.53. The summed E-state index contributed by atoms with van der Waals surface area (Å²) in [5.41, 5.74) is -0.165.